The number of nitrogens with zero attached hydrogens (tertiary/aromatic N) is 1. The van der Waals surface area contributed by atoms with Gasteiger partial charge in [0.15, 0.2) is 0 Å². The number of carbonyl (C=O) groups excluding carboxylic acids is 1. The third-order valence-electron chi connectivity index (χ3n) is 3.82. The number of amides is 2. The van der Waals surface area contributed by atoms with E-state index < -0.39 is 5.97 Å². The molecule has 0 aromatic heterocycles. The molecule has 1 aliphatic rings. The molecular formula is C14H27N3O3. The molecule has 116 valence electrons. The van der Waals surface area contributed by atoms with Gasteiger partial charge in [0.1, 0.15) is 0 Å². The van der Waals surface area contributed by atoms with E-state index in [4.69, 9.17) is 5.11 Å². The van der Waals surface area contributed by atoms with E-state index >= 15 is 0 Å². The lowest BCUT2D eigenvalue weighted by Crippen LogP contribution is -2.44. The predicted molar refractivity (Wildman–Crippen MR) is 77.7 cm³/mol. The summed E-state index contributed by atoms with van der Waals surface area (Å²) in [6.45, 7) is 7.75. The standard InChI is InChI=1S/C14H27N3O3/c1-3-8-17(4-2)9-7-15-14(20)16-12-6-5-11(10-12)13(18)19/h11-12H,3-10H2,1-2H3,(H,18,19)(H2,15,16,20)/t11-,12+/m1/s1. The molecule has 0 aliphatic heterocycles. The molecule has 1 fully saturated rings. The second kappa shape index (κ2) is 8.79. The quantitative estimate of drug-likeness (QED) is 0.627. The molecular weight excluding hydrogens is 258 g/mol. The molecule has 3 N–H and O–H groups in total. The second-order valence-electron chi connectivity index (χ2n) is 5.38. The first-order valence-electron chi connectivity index (χ1n) is 7.56. The van der Waals surface area contributed by atoms with Gasteiger partial charge in [-0.3, -0.25) is 4.79 Å². The van der Waals surface area contributed by atoms with Crippen molar-refractivity contribution in [3.05, 3.63) is 0 Å². The number of carboxylic acid groups (broad SMARTS) is 1. The van der Waals surface area contributed by atoms with Gasteiger partial charge < -0.3 is 20.6 Å². The SMILES string of the molecule is CCCN(CC)CCNC(=O)N[C@H]1CC[C@@H](C(=O)O)C1. The molecule has 0 unspecified atom stereocenters. The van der Waals surface area contributed by atoms with E-state index in [9.17, 15) is 9.59 Å². The van der Waals surface area contributed by atoms with Gasteiger partial charge in [-0.05, 0) is 38.8 Å². The van der Waals surface area contributed by atoms with Crippen molar-refractivity contribution in [1.82, 2.24) is 15.5 Å². The third kappa shape index (κ3) is 5.77. The predicted octanol–water partition coefficient (Wildman–Crippen LogP) is 1.27. The van der Waals surface area contributed by atoms with Crippen molar-refractivity contribution in [2.75, 3.05) is 26.2 Å². The van der Waals surface area contributed by atoms with Crippen LogP contribution in [-0.2, 0) is 4.79 Å². The van der Waals surface area contributed by atoms with Crippen molar-refractivity contribution in [2.24, 2.45) is 5.92 Å². The van der Waals surface area contributed by atoms with E-state index in [1.807, 2.05) is 0 Å². The first-order valence-corrected chi connectivity index (χ1v) is 7.56. The van der Waals surface area contributed by atoms with Crippen LogP contribution in [0.5, 0.6) is 0 Å². The maximum atomic E-state index is 11.7. The van der Waals surface area contributed by atoms with Crippen LogP contribution in [0.2, 0.25) is 0 Å². The van der Waals surface area contributed by atoms with Gasteiger partial charge in [0, 0.05) is 19.1 Å². The molecule has 1 aliphatic carbocycles. The number of aliphatic carboxylic acids is 1. The summed E-state index contributed by atoms with van der Waals surface area (Å²) in [4.78, 5) is 24.8. The Kier molecular flexibility index (Phi) is 7.36. The largest absolute Gasteiger partial charge is 0.481 e. The smallest absolute Gasteiger partial charge is 0.315 e. The van der Waals surface area contributed by atoms with Gasteiger partial charge in [0.05, 0.1) is 5.92 Å². The molecule has 0 bridgehead atoms. The van der Waals surface area contributed by atoms with Crippen LogP contribution in [0.4, 0.5) is 4.79 Å². The Hall–Kier alpha value is -1.30. The van der Waals surface area contributed by atoms with Gasteiger partial charge >= 0.3 is 12.0 Å². The minimum atomic E-state index is -0.757. The van der Waals surface area contributed by atoms with E-state index in [-0.39, 0.29) is 18.0 Å². The molecule has 20 heavy (non-hydrogen) atoms. The Balaban J connectivity index is 2.16. The number of urea groups is 1. The van der Waals surface area contributed by atoms with Crippen LogP contribution in [0.25, 0.3) is 0 Å². The highest BCUT2D eigenvalue weighted by atomic mass is 16.4. The molecule has 0 spiro atoms. The zero-order chi connectivity index (χ0) is 15.0. The fourth-order valence-electron chi connectivity index (χ4n) is 2.65. The Labute approximate surface area is 120 Å². The average Bonchev–Trinajstić information content (AvgIpc) is 2.86. The van der Waals surface area contributed by atoms with Crippen LogP contribution < -0.4 is 10.6 Å². The van der Waals surface area contributed by atoms with Gasteiger partial charge in [-0.2, -0.15) is 0 Å². The Morgan fingerprint density at radius 1 is 1.25 bits per heavy atom. The second-order valence-corrected chi connectivity index (χ2v) is 5.38. The monoisotopic (exact) mass is 285 g/mol. The van der Waals surface area contributed by atoms with Crippen molar-refractivity contribution in [1.29, 1.82) is 0 Å². The molecule has 2 atom stereocenters. The summed E-state index contributed by atoms with van der Waals surface area (Å²) in [6.07, 6.45) is 3.06. The number of likely N-dealkylation sites (N-methyl/N-ethyl adjacent to an activating group) is 1. The van der Waals surface area contributed by atoms with Crippen LogP contribution in [0.15, 0.2) is 0 Å². The number of hydrogen-bond donors (Lipinski definition) is 3. The summed E-state index contributed by atoms with van der Waals surface area (Å²) in [6, 6.07) is -0.192. The zero-order valence-corrected chi connectivity index (χ0v) is 12.5. The maximum Gasteiger partial charge on any atom is 0.315 e. The highest BCUT2D eigenvalue weighted by Gasteiger charge is 2.30. The normalized spacial score (nSPS) is 21.9. The summed E-state index contributed by atoms with van der Waals surface area (Å²) >= 11 is 0. The molecule has 0 radical (unpaired) electrons. The molecule has 1 rings (SSSR count). The van der Waals surface area contributed by atoms with Crippen LogP contribution in [-0.4, -0.2) is 54.2 Å². The lowest BCUT2D eigenvalue weighted by Gasteiger charge is -2.20. The number of nitrogens with one attached hydrogen (secondary N) is 2. The zero-order valence-electron chi connectivity index (χ0n) is 12.5. The molecule has 6 nitrogen and oxygen atoms in total. The summed E-state index contributed by atoms with van der Waals surface area (Å²) in [5, 5.41) is 14.6. The van der Waals surface area contributed by atoms with E-state index in [0.29, 0.717) is 19.4 Å². The lowest BCUT2D eigenvalue weighted by atomic mass is 10.1. The minimum Gasteiger partial charge on any atom is -0.481 e. The Morgan fingerprint density at radius 3 is 2.55 bits per heavy atom. The third-order valence-corrected chi connectivity index (χ3v) is 3.82. The lowest BCUT2D eigenvalue weighted by molar-refractivity contribution is -0.141. The fourth-order valence-corrected chi connectivity index (χ4v) is 2.65. The Morgan fingerprint density at radius 2 is 2.00 bits per heavy atom. The number of hydrogen-bond acceptors (Lipinski definition) is 3. The highest BCUT2D eigenvalue weighted by molar-refractivity contribution is 5.75. The topological polar surface area (TPSA) is 81.7 Å². The van der Waals surface area contributed by atoms with Gasteiger partial charge in [0.2, 0.25) is 0 Å². The van der Waals surface area contributed by atoms with Gasteiger partial charge in [-0.15, -0.1) is 0 Å². The number of rotatable bonds is 8. The van der Waals surface area contributed by atoms with Crippen LogP contribution in [0.3, 0.4) is 0 Å². The summed E-state index contributed by atoms with van der Waals surface area (Å²) in [5.41, 5.74) is 0. The average molecular weight is 285 g/mol. The number of carbonyl (C=O) groups is 2. The maximum absolute atomic E-state index is 11.7. The highest BCUT2D eigenvalue weighted by Crippen LogP contribution is 2.25. The first kappa shape index (κ1) is 16.8. The van der Waals surface area contributed by atoms with Gasteiger partial charge in [0.25, 0.3) is 0 Å². The van der Waals surface area contributed by atoms with E-state index in [1.165, 1.54) is 0 Å². The number of carboxylic acids is 1. The molecule has 2 amide bonds. The Bertz CT molecular complexity index is 323. The van der Waals surface area contributed by atoms with E-state index in [2.05, 4.69) is 29.4 Å². The summed E-state index contributed by atoms with van der Waals surface area (Å²) < 4.78 is 0. The molecule has 0 aromatic carbocycles. The fraction of sp³-hybridized carbons (Fsp3) is 0.857. The van der Waals surface area contributed by atoms with Crippen molar-refractivity contribution in [2.45, 2.75) is 45.6 Å². The molecule has 0 heterocycles. The van der Waals surface area contributed by atoms with Gasteiger partial charge in [-0.25, -0.2) is 4.79 Å². The van der Waals surface area contributed by atoms with Crippen molar-refractivity contribution in [3.63, 3.8) is 0 Å². The van der Waals surface area contributed by atoms with Crippen molar-refractivity contribution < 1.29 is 14.7 Å². The summed E-state index contributed by atoms with van der Waals surface area (Å²) in [7, 11) is 0. The van der Waals surface area contributed by atoms with E-state index in [0.717, 1.165) is 32.5 Å². The van der Waals surface area contributed by atoms with Crippen molar-refractivity contribution in [3.8, 4) is 0 Å². The van der Waals surface area contributed by atoms with Crippen LogP contribution >= 0.6 is 0 Å². The van der Waals surface area contributed by atoms with Crippen molar-refractivity contribution >= 4 is 12.0 Å². The van der Waals surface area contributed by atoms with Crippen LogP contribution in [0, 0.1) is 5.92 Å². The molecule has 0 aromatic rings. The first-order chi connectivity index (χ1) is 9.56. The molecule has 0 saturated heterocycles. The van der Waals surface area contributed by atoms with Gasteiger partial charge in [-0.1, -0.05) is 13.8 Å². The van der Waals surface area contributed by atoms with E-state index in [1.54, 1.807) is 0 Å². The van der Waals surface area contributed by atoms with Crippen LogP contribution in [0.1, 0.15) is 39.5 Å². The molecule has 1 saturated carbocycles. The minimum absolute atomic E-state index is 0.00554. The summed E-state index contributed by atoms with van der Waals surface area (Å²) in [5.74, 6) is -1.06. The molecule has 6 heteroatoms.